The number of rotatable bonds is 5. The fourth-order valence-electron chi connectivity index (χ4n) is 2.17. The van der Waals surface area contributed by atoms with Crippen LogP contribution in [0.5, 0.6) is 11.8 Å². The second kappa shape index (κ2) is 6.37. The lowest BCUT2D eigenvalue weighted by Crippen LogP contribution is -2.14. The van der Waals surface area contributed by atoms with E-state index in [4.69, 9.17) is 21.1 Å². The van der Waals surface area contributed by atoms with Gasteiger partial charge >= 0.3 is 0 Å². The Hall–Kier alpha value is -2.59. The van der Waals surface area contributed by atoms with Crippen LogP contribution in [0.3, 0.4) is 0 Å². The Morgan fingerprint density at radius 1 is 1.24 bits per heavy atom. The normalized spacial score (nSPS) is 11.5. The fraction of sp³-hybridized carbons (Fsp3) is 0.143. The first-order valence-corrected chi connectivity index (χ1v) is 8.66. The molecule has 0 atom stereocenters. The minimum absolute atomic E-state index is 0.109. The molecule has 3 heterocycles. The summed E-state index contributed by atoms with van der Waals surface area (Å²) in [5, 5.41) is 4.35. The molecular weight excluding hydrogens is 375 g/mol. The summed E-state index contributed by atoms with van der Waals surface area (Å²) in [6, 6.07) is 3.96. The highest BCUT2D eigenvalue weighted by molar-refractivity contribution is 7.93. The van der Waals surface area contributed by atoms with Crippen molar-refractivity contribution in [3.8, 4) is 11.8 Å². The van der Waals surface area contributed by atoms with Gasteiger partial charge in [-0.25, -0.2) is 17.3 Å². The molecule has 3 rings (SSSR count). The quantitative estimate of drug-likeness (QED) is 0.723. The molecule has 0 aromatic carbocycles. The molecule has 0 fully saturated rings. The van der Waals surface area contributed by atoms with Crippen LogP contribution in [0.4, 0.5) is 10.1 Å². The highest BCUT2D eigenvalue weighted by atomic mass is 35.5. The van der Waals surface area contributed by atoms with E-state index < -0.39 is 15.8 Å². The number of aromatic nitrogens is 3. The van der Waals surface area contributed by atoms with E-state index in [0.717, 1.165) is 12.3 Å². The highest BCUT2D eigenvalue weighted by Crippen LogP contribution is 2.30. The molecule has 0 aliphatic carbocycles. The van der Waals surface area contributed by atoms with E-state index in [1.54, 1.807) is 0 Å². The number of methoxy groups -OCH3 is 2. The molecule has 0 bridgehead atoms. The van der Waals surface area contributed by atoms with Crippen LogP contribution in [0.15, 0.2) is 35.5 Å². The maximum atomic E-state index is 13.9. The molecule has 3 aromatic rings. The average Bonchev–Trinajstić information content (AvgIpc) is 2.98. The van der Waals surface area contributed by atoms with Crippen LogP contribution in [-0.2, 0) is 10.0 Å². The summed E-state index contributed by atoms with van der Waals surface area (Å²) >= 11 is 5.85. The van der Waals surface area contributed by atoms with Gasteiger partial charge in [-0.05, 0) is 12.1 Å². The van der Waals surface area contributed by atoms with Crippen molar-refractivity contribution >= 4 is 32.8 Å². The number of pyridine rings is 2. The molecule has 8 nitrogen and oxygen atoms in total. The lowest BCUT2D eigenvalue weighted by Gasteiger charge is -2.12. The zero-order valence-corrected chi connectivity index (χ0v) is 14.6. The molecule has 0 aliphatic heterocycles. The number of nitrogens with zero attached hydrogens (tertiary/aromatic N) is 3. The molecule has 1 N–H and O–H groups in total. The number of anilines is 1. The molecule has 0 amide bonds. The molecule has 0 radical (unpaired) electrons. The molecular formula is C14H12ClFN4O4S. The summed E-state index contributed by atoms with van der Waals surface area (Å²) in [5.41, 5.74) is 0.131. The van der Waals surface area contributed by atoms with E-state index in [-0.39, 0.29) is 22.3 Å². The van der Waals surface area contributed by atoms with Gasteiger partial charge in [-0.15, -0.1) is 0 Å². The van der Waals surface area contributed by atoms with Gasteiger partial charge in [0, 0.05) is 12.3 Å². The highest BCUT2D eigenvalue weighted by Gasteiger charge is 2.23. The summed E-state index contributed by atoms with van der Waals surface area (Å²) in [6.45, 7) is 0. The molecule has 132 valence electrons. The van der Waals surface area contributed by atoms with E-state index in [1.165, 1.54) is 37.1 Å². The second-order valence-corrected chi connectivity index (χ2v) is 6.92. The number of sulfonamides is 1. The largest absolute Gasteiger partial charge is 0.479 e. The van der Waals surface area contributed by atoms with Crippen molar-refractivity contribution < 1.29 is 22.3 Å². The number of halogens is 2. The standard InChI is InChI=1S/C14H12ClFN4O4S/c1-23-13-9(16)5-10(14(18-13)24-2)19-25(21,22)12-6-17-20-7-8(15)3-4-11(12)20/h3-7,19H,1-2H3. The van der Waals surface area contributed by atoms with Gasteiger partial charge in [0.05, 0.1) is 31.0 Å². The van der Waals surface area contributed by atoms with Crippen LogP contribution >= 0.6 is 11.6 Å². The Kier molecular flexibility index (Phi) is 4.39. The maximum absolute atomic E-state index is 13.9. The van der Waals surface area contributed by atoms with E-state index >= 15 is 0 Å². The maximum Gasteiger partial charge on any atom is 0.265 e. The van der Waals surface area contributed by atoms with Gasteiger partial charge < -0.3 is 9.47 Å². The minimum atomic E-state index is -4.08. The van der Waals surface area contributed by atoms with Gasteiger partial charge in [-0.1, -0.05) is 11.6 Å². The van der Waals surface area contributed by atoms with E-state index in [9.17, 15) is 12.8 Å². The van der Waals surface area contributed by atoms with Gasteiger partial charge in [0.2, 0.25) is 5.88 Å². The molecule has 3 aromatic heterocycles. The third-order valence-corrected chi connectivity index (χ3v) is 4.88. The average molecular weight is 387 g/mol. The Morgan fingerprint density at radius 2 is 1.96 bits per heavy atom. The molecule has 0 unspecified atom stereocenters. The number of hydrogen-bond acceptors (Lipinski definition) is 6. The number of hydrogen-bond donors (Lipinski definition) is 1. The number of fused-ring (bicyclic) bond motifs is 1. The zero-order chi connectivity index (χ0) is 18.2. The van der Waals surface area contributed by atoms with Gasteiger partial charge in [-0.2, -0.15) is 10.1 Å². The van der Waals surface area contributed by atoms with Crippen molar-refractivity contribution in [2.45, 2.75) is 4.90 Å². The van der Waals surface area contributed by atoms with Gasteiger partial charge in [-0.3, -0.25) is 4.72 Å². The summed E-state index contributed by atoms with van der Waals surface area (Å²) in [4.78, 5) is 3.66. The lowest BCUT2D eigenvalue weighted by atomic mass is 10.4. The Bertz CT molecular complexity index is 1050. The first-order chi connectivity index (χ1) is 11.9. The minimum Gasteiger partial charge on any atom is -0.479 e. The van der Waals surface area contributed by atoms with Crippen molar-refractivity contribution in [3.63, 3.8) is 0 Å². The van der Waals surface area contributed by atoms with Gasteiger partial charge in [0.25, 0.3) is 15.9 Å². The molecule has 25 heavy (non-hydrogen) atoms. The zero-order valence-electron chi connectivity index (χ0n) is 13.0. The Labute approximate surface area is 147 Å². The molecule has 0 saturated carbocycles. The van der Waals surface area contributed by atoms with Crippen molar-refractivity contribution in [3.05, 3.63) is 41.4 Å². The third kappa shape index (κ3) is 3.17. The first-order valence-electron chi connectivity index (χ1n) is 6.80. The van der Waals surface area contributed by atoms with E-state index in [2.05, 4.69) is 14.8 Å². The van der Waals surface area contributed by atoms with E-state index in [0.29, 0.717) is 10.5 Å². The van der Waals surface area contributed by atoms with Gasteiger partial charge in [0.1, 0.15) is 10.6 Å². The lowest BCUT2D eigenvalue weighted by molar-refractivity contribution is 0.346. The molecule has 11 heteroatoms. The smallest absolute Gasteiger partial charge is 0.265 e. The Morgan fingerprint density at radius 3 is 2.64 bits per heavy atom. The van der Waals surface area contributed by atoms with Crippen LogP contribution in [0.25, 0.3) is 5.52 Å². The number of nitrogens with one attached hydrogen (secondary N) is 1. The SMILES string of the molecule is COc1nc(OC)c(NS(=O)(=O)c2cnn3cc(Cl)ccc23)cc1F. The van der Waals surface area contributed by atoms with Crippen LogP contribution in [-0.4, -0.2) is 37.2 Å². The monoisotopic (exact) mass is 386 g/mol. The first kappa shape index (κ1) is 17.2. The van der Waals surface area contributed by atoms with Crippen molar-refractivity contribution in [1.82, 2.24) is 14.6 Å². The predicted octanol–water partition coefficient (Wildman–Crippen LogP) is 2.34. The van der Waals surface area contributed by atoms with Crippen LogP contribution in [0, 0.1) is 5.82 Å². The number of ether oxygens (including phenoxy) is 2. The summed E-state index contributed by atoms with van der Waals surface area (Å²) in [5.74, 6) is -1.29. The Balaban J connectivity index is 2.05. The molecule has 0 aliphatic rings. The molecule has 0 spiro atoms. The fourth-order valence-corrected chi connectivity index (χ4v) is 3.49. The summed E-state index contributed by atoms with van der Waals surface area (Å²) in [6.07, 6.45) is 2.62. The van der Waals surface area contributed by atoms with Crippen molar-refractivity contribution in [2.24, 2.45) is 0 Å². The third-order valence-electron chi connectivity index (χ3n) is 3.27. The second-order valence-electron chi connectivity index (χ2n) is 4.83. The van der Waals surface area contributed by atoms with Crippen LogP contribution in [0.2, 0.25) is 5.02 Å². The van der Waals surface area contributed by atoms with Crippen LogP contribution in [0.1, 0.15) is 0 Å². The summed E-state index contributed by atoms with van der Waals surface area (Å²) < 4.78 is 52.5. The van der Waals surface area contributed by atoms with E-state index in [1.807, 2.05) is 0 Å². The topological polar surface area (TPSA) is 94.8 Å². The van der Waals surface area contributed by atoms with Crippen molar-refractivity contribution in [2.75, 3.05) is 18.9 Å². The molecule has 0 saturated heterocycles. The van der Waals surface area contributed by atoms with Crippen molar-refractivity contribution in [1.29, 1.82) is 0 Å². The van der Waals surface area contributed by atoms with Gasteiger partial charge in [0.15, 0.2) is 5.82 Å². The summed E-state index contributed by atoms with van der Waals surface area (Å²) in [7, 11) is -1.57. The van der Waals surface area contributed by atoms with Crippen LogP contribution < -0.4 is 14.2 Å². The predicted molar refractivity (Wildman–Crippen MR) is 88.3 cm³/mol.